The molecule has 7 heteroatoms. The van der Waals surface area contributed by atoms with Crippen LogP contribution in [0, 0.1) is 5.92 Å². The van der Waals surface area contributed by atoms with E-state index in [9.17, 15) is 4.79 Å². The third-order valence-corrected chi connectivity index (χ3v) is 6.20. The topological polar surface area (TPSA) is 79.9 Å². The summed E-state index contributed by atoms with van der Waals surface area (Å²) < 4.78 is 4.33. The van der Waals surface area contributed by atoms with Gasteiger partial charge in [-0.05, 0) is 37.7 Å². The van der Waals surface area contributed by atoms with Crippen LogP contribution < -0.4 is 11.4 Å². The Morgan fingerprint density at radius 3 is 2.77 bits per heavy atom. The van der Waals surface area contributed by atoms with Gasteiger partial charge in [-0.3, -0.25) is 8.87 Å². The number of nitrogen functional groups attached to an aromatic ring is 1. The average Bonchev–Trinajstić information content (AvgIpc) is 2.94. The first-order valence-electron chi connectivity index (χ1n) is 9.88. The first-order valence-corrected chi connectivity index (χ1v) is 10.8. The second-order valence-electron chi connectivity index (χ2n) is 7.18. The van der Waals surface area contributed by atoms with Gasteiger partial charge in [0, 0.05) is 31.1 Å². The number of unbranched alkanes of at least 4 members (excludes halogenated alkanes) is 2. The van der Waals surface area contributed by atoms with Gasteiger partial charge in [0.25, 0.3) is 0 Å². The van der Waals surface area contributed by atoms with Crippen LogP contribution in [0.4, 0.5) is 5.82 Å². The maximum absolute atomic E-state index is 12.5. The number of anilines is 1. The molecule has 26 heavy (non-hydrogen) atoms. The number of pyridine rings is 1. The second-order valence-corrected chi connectivity index (χ2v) is 8.53. The van der Waals surface area contributed by atoms with Crippen molar-refractivity contribution < 1.29 is 0 Å². The van der Waals surface area contributed by atoms with Crippen molar-refractivity contribution in [2.75, 3.05) is 24.6 Å². The number of piperidine rings is 1. The summed E-state index contributed by atoms with van der Waals surface area (Å²) in [5.74, 6) is 2.11. The van der Waals surface area contributed by atoms with Crippen LogP contribution in [0.5, 0.6) is 0 Å². The fourth-order valence-corrected chi connectivity index (χ4v) is 4.59. The Morgan fingerprint density at radius 1 is 1.31 bits per heavy atom. The van der Waals surface area contributed by atoms with E-state index in [4.69, 9.17) is 5.73 Å². The smallest absolute Gasteiger partial charge is 0.326 e. The van der Waals surface area contributed by atoms with Crippen molar-refractivity contribution >= 4 is 28.8 Å². The number of rotatable bonds is 8. The van der Waals surface area contributed by atoms with Gasteiger partial charge in [-0.2, -0.15) is 0 Å². The fourth-order valence-electron chi connectivity index (χ4n) is 3.76. The quantitative estimate of drug-likeness (QED) is 0.544. The molecule has 2 aromatic rings. The molecule has 0 atom stereocenters. The molecular weight excluding hydrogens is 346 g/mol. The monoisotopic (exact) mass is 377 g/mol. The summed E-state index contributed by atoms with van der Waals surface area (Å²) >= 11 is 1.92. The van der Waals surface area contributed by atoms with Crippen molar-refractivity contribution in [2.45, 2.75) is 58.9 Å². The van der Waals surface area contributed by atoms with Crippen LogP contribution in [-0.4, -0.2) is 37.7 Å². The molecule has 3 N–H and O–H groups in total. The van der Waals surface area contributed by atoms with Gasteiger partial charge < -0.3 is 10.7 Å². The van der Waals surface area contributed by atoms with Gasteiger partial charge in [-0.15, -0.1) is 0 Å². The minimum absolute atomic E-state index is 0.0652. The molecule has 0 aliphatic carbocycles. The van der Waals surface area contributed by atoms with Crippen LogP contribution in [0.1, 0.15) is 51.6 Å². The van der Waals surface area contributed by atoms with E-state index < -0.39 is 0 Å². The zero-order chi connectivity index (χ0) is 18.5. The van der Waals surface area contributed by atoms with Gasteiger partial charge in [0.05, 0.1) is 5.52 Å². The van der Waals surface area contributed by atoms with E-state index in [1.54, 1.807) is 0 Å². The maximum Gasteiger partial charge on any atom is 0.326 e. The highest BCUT2D eigenvalue weighted by Gasteiger charge is 2.21. The summed E-state index contributed by atoms with van der Waals surface area (Å²) in [6.45, 7) is 7.36. The molecule has 1 fully saturated rings. The molecule has 1 saturated heterocycles. The van der Waals surface area contributed by atoms with Crippen molar-refractivity contribution in [3.8, 4) is 0 Å². The molecule has 6 nitrogen and oxygen atoms in total. The molecule has 1 aliphatic heterocycles. The summed E-state index contributed by atoms with van der Waals surface area (Å²) in [5.41, 5.74) is 8.65. The molecule has 0 saturated carbocycles. The number of aryl methyl sites for hydroxylation is 1. The van der Waals surface area contributed by atoms with Crippen LogP contribution in [0.25, 0.3) is 11.0 Å². The van der Waals surface area contributed by atoms with Crippen molar-refractivity contribution in [1.82, 2.24) is 18.8 Å². The first-order chi connectivity index (χ1) is 12.6. The highest BCUT2D eigenvalue weighted by Crippen LogP contribution is 2.25. The van der Waals surface area contributed by atoms with E-state index in [1.165, 1.54) is 12.8 Å². The predicted octanol–water partition coefficient (Wildman–Crippen LogP) is 3.42. The Morgan fingerprint density at radius 2 is 2.08 bits per heavy atom. The Balaban J connectivity index is 1.77. The number of nitrogens with one attached hydrogen (secondary N) is 1. The Bertz CT molecular complexity index is 776. The number of nitrogens with two attached hydrogens (primary N) is 1. The van der Waals surface area contributed by atoms with E-state index in [1.807, 2.05) is 16.5 Å². The molecule has 3 heterocycles. The number of fused-ring (bicyclic) bond motifs is 1. The molecule has 0 amide bonds. The molecule has 1 aliphatic rings. The Kier molecular flexibility index (Phi) is 6.64. The standard InChI is InChI=1S/C19H31N5OS/c1-3-5-6-7-15-12-16-17(18(20)21-15)22-19(25)24(16)13-14-8-10-23(11-9-14)26-4-2/h12,14H,3-11,13H2,1-2H3,(H2,20,21)(H,22,25). The highest BCUT2D eigenvalue weighted by atomic mass is 32.2. The minimum atomic E-state index is -0.0652. The van der Waals surface area contributed by atoms with Gasteiger partial charge in [-0.25, -0.2) is 9.78 Å². The lowest BCUT2D eigenvalue weighted by atomic mass is 9.98. The van der Waals surface area contributed by atoms with Gasteiger partial charge in [-0.1, -0.05) is 38.6 Å². The largest absolute Gasteiger partial charge is 0.382 e. The van der Waals surface area contributed by atoms with Crippen molar-refractivity contribution in [3.63, 3.8) is 0 Å². The minimum Gasteiger partial charge on any atom is -0.382 e. The lowest BCUT2D eigenvalue weighted by Crippen LogP contribution is -2.32. The fraction of sp³-hybridized carbons (Fsp3) is 0.684. The Labute approximate surface area is 159 Å². The van der Waals surface area contributed by atoms with Crippen LogP contribution >= 0.6 is 11.9 Å². The molecule has 0 spiro atoms. The summed E-state index contributed by atoms with van der Waals surface area (Å²) in [7, 11) is 0. The zero-order valence-corrected chi connectivity index (χ0v) is 16.8. The van der Waals surface area contributed by atoms with Crippen molar-refractivity contribution in [3.05, 3.63) is 22.2 Å². The van der Waals surface area contributed by atoms with E-state index >= 15 is 0 Å². The van der Waals surface area contributed by atoms with E-state index in [0.29, 0.717) is 17.3 Å². The number of H-pyrrole nitrogens is 1. The van der Waals surface area contributed by atoms with Crippen LogP contribution in [0.3, 0.4) is 0 Å². The molecule has 0 unspecified atom stereocenters. The first kappa shape index (κ1) is 19.3. The lowest BCUT2D eigenvalue weighted by Gasteiger charge is -2.30. The molecule has 0 radical (unpaired) electrons. The van der Waals surface area contributed by atoms with Crippen LogP contribution in [0.15, 0.2) is 10.9 Å². The molecular formula is C19H31N5OS. The molecule has 2 aromatic heterocycles. The predicted molar refractivity (Wildman–Crippen MR) is 110 cm³/mol. The lowest BCUT2D eigenvalue weighted by molar-refractivity contribution is 0.267. The number of hydrogen-bond donors (Lipinski definition) is 2. The summed E-state index contributed by atoms with van der Waals surface area (Å²) in [6, 6.07) is 2.06. The van der Waals surface area contributed by atoms with E-state index in [-0.39, 0.29) is 5.69 Å². The Hall–Kier alpha value is -1.47. The van der Waals surface area contributed by atoms with Crippen LogP contribution in [0.2, 0.25) is 0 Å². The maximum atomic E-state index is 12.5. The van der Waals surface area contributed by atoms with Gasteiger partial charge in [0.15, 0.2) is 0 Å². The SMILES string of the molecule is CCCCCc1cc2c([nH]c(=O)n2CC2CCN(SCC)CC2)c(N)n1. The van der Waals surface area contributed by atoms with Crippen molar-refractivity contribution in [2.24, 2.45) is 5.92 Å². The second kappa shape index (κ2) is 8.95. The number of aromatic nitrogens is 3. The van der Waals surface area contributed by atoms with E-state index in [2.05, 4.69) is 34.2 Å². The number of imidazole rings is 1. The van der Waals surface area contributed by atoms with E-state index in [0.717, 1.165) is 62.3 Å². The summed E-state index contributed by atoms with van der Waals surface area (Å²) in [5, 5.41) is 0. The van der Waals surface area contributed by atoms with Gasteiger partial charge in [0.1, 0.15) is 11.3 Å². The molecule has 0 aromatic carbocycles. The average molecular weight is 378 g/mol. The highest BCUT2D eigenvalue weighted by molar-refractivity contribution is 7.96. The molecule has 3 rings (SSSR count). The third kappa shape index (κ3) is 4.43. The zero-order valence-electron chi connectivity index (χ0n) is 16.0. The number of aromatic amines is 1. The normalized spacial score (nSPS) is 16.5. The number of hydrogen-bond acceptors (Lipinski definition) is 5. The molecule has 144 valence electrons. The van der Waals surface area contributed by atoms with Crippen molar-refractivity contribution in [1.29, 1.82) is 0 Å². The summed E-state index contributed by atoms with van der Waals surface area (Å²) in [6.07, 6.45) is 6.66. The van der Waals surface area contributed by atoms with Crippen LogP contribution in [-0.2, 0) is 13.0 Å². The summed E-state index contributed by atoms with van der Waals surface area (Å²) in [4.78, 5) is 19.9. The number of nitrogens with zero attached hydrogens (tertiary/aromatic N) is 3. The third-order valence-electron chi connectivity index (χ3n) is 5.21. The van der Waals surface area contributed by atoms with Gasteiger partial charge >= 0.3 is 5.69 Å². The van der Waals surface area contributed by atoms with Gasteiger partial charge in [0.2, 0.25) is 0 Å². The molecule has 0 bridgehead atoms.